The summed E-state index contributed by atoms with van der Waals surface area (Å²) in [5.41, 5.74) is 0. The molecule has 0 aliphatic rings. The van der Waals surface area contributed by atoms with Crippen LogP contribution in [0.15, 0.2) is 0 Å². The number of rotatable bonds is 9. The topological polar surface area (TPSA) is 50.1 Å². The summed E-state index contributed by atoms with van der Waals surface area (Å²) in [4.78, 5) is 10.6. The summed E-state index contributed by atoms with van der Waals surface area (Å²) in [5.74, 6) is -59.6. The van der Waals surface area contributed by atoms with Crippen LogP contribution < -0.4 is 0 Å². The van der Waals surface area contributed by atoms with Gasteiger partial charge in [0.25, 0.3) is 0 Å². The number of alkyl halides is 17. The largest absolute Gasteiger partial charge is 0.460 e. The van der Waals surface area contributed by atoms with Crippen LogP contribution >= 0.6 is 0 Å². The number of hydrogen-bond acceptors (Lipinski definition) is 3. The van der Waals surface area contributed by atoms with Gasteiger partial charge in [0.1, 0.15) is 6.42 Å². The zero-order chi connectivity index (χ0) is 26.4. The van der Waals surface area contributed by atoms with E-state index in [0.29, 0.717) is 0 Å². The molecule has 0 spiro atoms. The van der Waals surface area contributed by atoms with Crippen LogP contribution in [-0.4, -0.2) is 60.2 Å². The van der Waals surface area contributed by atoms with Crippen molar-refractivity contribution >= 4 is 5.97 Å². The molecule has 0 saturated heterocycles. The van der Waals surface area contributed by atoms with Crippen molar-refractivity contribution in [3.63, 3.8) is 0 Å². The molecule has 0 fully saturated rings. The van der Waals surface area contributed by atoms with E-state index in [1.807, 2.05) is 0 Å². The standard InChI is InChI=1S/C12H4F17NO2/c13-5(14,3-32-4(31)1-2-30)6(15,16)7(17,18)8(19,20)9(21,22)10(23,24)11(25,26)12(27,28)29/h1,3H2. The summed E-state index contributed by atoms with van der Waals surface area (Å²) >= 11 is 0. The molecule has 188 valence electrons. The quantitative estimate of drug-likeness (QED) is 0.302. The van der Waals surface area contributed by atoms with Crippen molar-refractivity contribution in [2.75, 3.05) is 6.61 Å². The molecule has 0 bridgehead atoms. The third-order valence-electron chi connectivity index (χ3n) is 3.42. The highest BCUT2D eigenvalue weighted by molar-refractivity contribution is 5.71. The van der Waals surface area contributed by atoms with Gasteiger partial charge >= 0.3 is 53.6 Å². The van der Waals surface area contributed by atoms with Gasteiger partial charge in [0.05, 0.1) is 6.07 Å². The van der Waals surface area contributed by atoms with Gasteiger partial charge in [-0.1, -0.05) is 0 Å². The second-order valence-corrected chi connectivity index (χ2v) is 5.64. The van der Waals surface area contributed by atoms with Crippen LogP contribution in [0.4, 0.5) is 74.6 Å². The predicted molar refractivity (Wildman–Crippen MR) is 61.9 cm³/mol. The highest BCUT2D eigenvalue weighted by Crippen LogP contribution is 2.63. The van der Waals surface area contributed by atoms with Crippen molar-refractivity contribution < 1.29 is 84.2 Å². The lowest BCUT2D eigenvalue weighted by Gasteiger charge is -2.42. The van der Waals surface area contributed by atoms with Crippen molar-refractivity contribution in [2.24, 2.45) is 0 Å². The monoisotopic (exact) mass is 517 g/mol. The Morgan fingerprint density at radius 1 is 0.594 bits per heavy atom. The van der Waals surface area contributed by atoms with Crippen molar-refractivity contribution in [1.29, 1.82) is 5.26 Å². The molecular weight excluding hydrogens is 513 g/mol. The molecule has 0 aromatic carbocycles. The Hall–Kier alpha value is -2.23. The van der Waals surface area contributed by atoms with E-state index in [2.05, 4.69) is 4.74 Å². The van der Waals surface area contributed by atoms with Gasteiger partial charge in [-0.2, -0.15) is 79.9 Å². The van der Waals surface area contributed by atoms with Crippen LogP contribution in [-0.2, 0) is 9.53 Å². The van der Waals surface area contributed by atoms with E-state index in [-0.39, 0.29) is 0 Å². The molecule has 20 heteroatoms. The molecule has 0 rings (SSSR count). The first-order chi connectivity index (χ1) is 13.7. The number of esters is 1. The Labute approximate surface area is 163 Å². The van der Waals surface area contributed by atoms with Gasteiger partial charge in [0.15, 0.2) is 6.61 Å². The van der Waals surface area contributed by atoms with Crippen LogP contribution in [0.2, 0.25) is 0 Å². The van der Waals surface area contributed by atoms with Crippen LogP contribution in [0.5, 0.6) is 0 Å². The van der Waals surface area contributed by atoms with E-state index in [0.717, 1.165) is 6.07 Å². The van der Waals surface area contributed by atoms with Crippen LogP contribution in [0.25, 0.3) is 0 Å². The second-order valence-electron chi connectivity index (χ2n) is 5.64. The van der Waals surface area contributed by atoms with Crippen LogP contribution in [0, 0.1) is 11.3 Å². The number of nitrogens with zero attached hydrogens (tertiary/aromatic N) is 1. The third kappa shape index (κ3) is 4.09. The minimum Gasteiger partial charge on any atom is -0.458 e. The molecule has 0 N–H and O–H groups in total. The zero-order valence-electron chi connectivity index (χ0n) is 14.1. The Morgan fingerprint density at radius 3 is 1.22 bits per heavy atom. The fraction of sp³-hybridized carbons (Fsp3) is 0.833. The number of carbonyl (C=O) groups excluding carboxylic acids is 1. The normalized spacial score (nSPS) is 15.4. The smallest absolute Gasteiger partial charge is 0.458 e. The van der Waals surface area contributed by atoms with Gasteiger partial charge in [0.2, 0.25) is 0 Å². The summed E-state index contributed by atoms with van der Waals surface area (Å²) in [6.45, 7) is -3.35. The lowest BCUT2D eigenvalue weighted by Crippen LogP contribution is -2.74. The lowest BCUT2D eigenvalue weighted by atomic mass is 9.89. The number of ether oxygens (including phenoxy) is 1. The average molecular weight is 517 g/mol. The van der Waals surface area contributed by atoms with Crippen molar-refractivity contribution in [1.82, 2.24) is 0 Å². The molecule has 0 saturated carbocycles. The third-order valence-corrected chi connectivity index (χ3v) is 3.42. The molecule has 0 aliphatic heterocycles. The number of halogens is 17. The van der Waals surface area contributed by atoms with Gasteiger partial charge in [-0.3, -0.25) is 4.79 Å². The maximum Gasteiger partial charge on any atom is 0.460 e. The second kappa shape index (κ2) is 7.97. The first-order valence-electron chi connectivity index (χ1n) is 6.94. The summed E-state index contributed by atoms with van der Waals surface area (Å²) < 4.78 is 223. The van der Waals surface area contributed by atoms with Crippen molar-refractivity contribution in [3.8, 4) is 6.07 Å². The maximum atomic E-state index is 13.3. The first-order valence-corrected chi connectivity index (χ1v) is 6.94. The van der Waals surface area contributed by atoms with E-state index in [9.17, 15) is 79.4 Å². The fourth-order valence-corrected chi connectivity index (χ4v) is 1.57. The molecule has 0 aromatic heterocycles. The molecule has 0 amide bonds. The molecule has 32 heavy (non-hydrogen) atoms. The van der Waals surface area contributed by atoms with E-state index >= 15 is 0 Å². The Morgan fingerprint density at radius 2 is 0.906 bits per heavy atom. The van der Waals surface area contributed by atoms with E-state index in [1.54, 1.807) is 0 Å². The van der Waals surface area contributed by atoms with Gasteiger partial charge in [-0.25, -0.2) is 0 Å². The molecule has 0 aromatic rings. The number of carbonyl (C=O) groups is 1. The van der Waals surface area contributed by atoms with E-state index in [4.69, 9.17) is 5.26 Å². The zero-order valence-corrected chi connectivity index (χ0v) is 14.1. The van der Waals surface area contributed by atoms with Gasteiger partial charge in [0, 0.05) is 0 Å². The highest BCUT2D eigenvalue weighted by Gasteiger charge is 2.95. The molecular formula is C12H4F17NO2. The molecule has 0 radical (unpaired) electrons. The lowest BCUT2D eigenvalue weighted by molar-refractivity contribution is -0.462. The summed E-state index contributed by atoms with van der Waals surface area (Å²) in [5, 5.41) is 7.95. The van der Waals surface area contributed by atoms with Crippen molar-refractivity contribution in [2.45, 2.75) is 54.1 Å². The van der Waals surface area contributed by atoms with Gasteiger partial charge in [-0.15, -0.1) is 0 Å². The summed E-state index contributed by atoms with van der Waals surface area (Å²) in [6, 6.07) is 0.839. The van der Waals surface area contributed by atoms with Crippen molar-refractivity contribution in [3.05, 3.63) is 0 Å². The SMILES string of the molecule is N#CCC(=O)OCC(F)(F)C(F)(F)C(F)(F)C(F)(F)C(F)(F)C(F)(F)C(F)(F)C(F)(F)F. The maximum absolute atomic E-state index is 13.3. The highest BCUT2D eigenvalue weighted by atomic mass is 19.4. The van der Waals surface area contributed by atoms with Crippen LogP contribution in [0.3, 0.4) is 0 Å². The Bertz CT molecular complexity index is 748. The molecule has 0 atom stereocenters. The molecule has 0 unspecified atom stereocenters. The van der Waals surface area contributed by atoms with Gasteiger partial charge in [-0.05, 0) is 0 Å². The Kier molecular flexibility index (Phi) is 7.41. The van der Waals surface area contributed by atoms with Gasteiger partial charge < -0.3 is 4.74 Å². The Balaban J connectivity index is 6.48. The average Bonchev–Trinajstić information content (AvgIpc) is 2.58. The summed E-state index contributed by atoms with van der Waals surface area (Å²) in [6.07, 6.45) is -9.35. The summed E-state index contributed by atoms with van der Waals surface area (Å²) in [7, 11) is 0. The predicted octanol–water partition coefficient (Wildman–Crippen LogP) is 5.45. The fourth-order valence-electron chi connectivity index (χ4n) is 1.57. The minimum atomic E-state index is -8.72. The minimum absolute atomic E-state index is 0.839. The van der Waals surface area contributed by atoms with E-state index in [1.165, 1.54) is 0 Å². The van der Waals surface area contributed by atoms with E-state index < -0.39 is 66.6 Å². The molecule has 0 heterocycles. The number of nitriles is 1. The first kappa shape index (κ1) is 29.8. The van der Waals surface area contributed by atoms with Crippen LogP contribution in [0.1, 0.15) is 6.42 Å². The number of hydrogen-bond donors (Lipinski definition) is 0. The molecule has 3 nitrogen and oxygen atoms in total. The molecule has 0 aliphatic carbocycles.